The van der Waals surface area contributed by atoms with Crippen molar-refractivity contribution in [3.63, 3.8) is 0 Å². The highest BCUT2D eigenvalue weighted by Crippen LogP contribution is 2.21. The van der Waals surface area contributed by atoms with Crippen LogP contribution >= 0.6 is 0 Å². The first kappa shape index (κ1) is 13.3. The van der Waals surface area contributed by atoms with Crippen LogP contribution in [0.1, 0.15) is 18.4 Å². The Kier molecular flexibility index (Phi) is 4.55. The molecule has 0 spiro atoms. The molecule has 2 rings (SSSR count). The zero-order valence-electron chi connectivity index (χ0n) is 10.9. The normalized spacial score (nSPS) is 16.6. The zero-order valence-corrected chi connectivity index (χ0v) is 10.9. The summed E-state index contributed by atoms with van der Waals surface area (Å²) in [6, 6.07) is 5.49. The summed E-state index contributed by atoms with van der Waals surface area (Å²) in [5, 5.41) is 3.37. The Morgan fingerprint density at radius 2 is 2.22 bits per heavy atom. The molecule has 1 N–H and O–H groups in total. The Morgan fingerprint density at radius 3 is 2.89 bits per heavy atom. The van der Waals surface area contributed by atoms with E-state index < -0.39 is 0 Å². The summed E-state index contributed by atoms with van der Waals surface area (Å²) < 4.78 is 24.4. The largest absolute Gasteiger partial charge is 0.484 e. The molecular formula is C14H20FNO2. The summed E-state index contributed by atoms with van der Waals surface area (Å²) in [4.78, 5) is 0. The summed E-state index contributed by atoms with van der Waals surface area (Å²) in [7, 11) is 1.63. The molecule has 0 aliphatic heterocycles. The molecule has 18 heavy (non-hydrogen) atoms. The standard InChI is InChI=1S/C14H20FNO2/c1-10-3-6-13(15)14(7-10)18-12(9-17-2)8-16-11-4-5-11/h3,6-7,11-12,16H,4-5,8-9H2,1-2H3. The van der Waals surface area contributed by atoms with Crippen LogP contribution in [-0.2, 0) is 4.74 Å². The van der Waals surface area contributed by atoms with Crippen molar-refractivity contribution in [2.45, 2.75) is 31.9 Å². The SMILES string of the molecule is COCC(CNC1CC1)Oc1cc(C)ccc1F. The van der Waals surface area contributed by atoms with Crippen molar-refractivity contribution in [1.82, 2.24) is 5.32 Å². The van der Waals surface area contributed by atoms with Gasteiger partial charge in [0.25, 0.3) is 0 Å². The highest BCUT2D eigenvalue weighted by atomic mass is 19.1. The number of methoxy groups -OCH3 is 1. The smallest absolute Gasteiger partial charge is 0.165 e. The van der Waals surface area contributed by atoms with Crippen molar-refractivity contribution in [2.75, 3.05) is 20.3 Å². The lowest BCUT2D eigenvalue weighted by atomic mass is 10.2. The van der Waals surface area contributed by atoms with Crippen molar-refractivity contribution in [3.05, 3.63) is 29.6 Å². The first-order chi connectivity index (χ1) is 8.69. The topological polar surface area (TPSA) is 30.5 Å². The van der Waals surface area contributed by atoms with Gasteiger partial charge in [0, 0.05) is 19.7 Å². The van der Waals surface area contributed by atoms with Crippen LogP contribution in [0.15, 0.2) is 18.2 Å². The Hall–Kier alpha value is -1.13. The third kappa shape index (κ3) is 3.96. The summed E-state index contributed by atoms with van der Waals surface area (Å²) in [6.07, 6.45) is 2.28. The van der Waals surface area contributed by atoms with E-state index in [1.54, 1.807) is 19.2 Å². The van der Waals surface area contributed by atoms with Crippen LogP contribution < -0.4 is 10.1 Å². The lowest BCUT2D eigenvalue weighted by Crippen LogP contribution is -2.36. The van der Waals surface area contributed by atoms with Gasteiger partial charge in [0.1, 0.15) is 6.10 Å². The molecule has 1 aliphatic rings. The van der Waals surface area contributed by atoms with Crippen molar-refractivity contribution in [3.8, 4) is 5.75 Å². The molecule has 1 saturated carbocycles. The van der Waals surface area contributed by atoms with E-state index in [4.69, 9.17) is 9.47 Å². The van der Waals surface area contributed by atoms with Crippen molar-refractivity contribution >= 4 is 0 Å². The molecule has 1 aromatic rings. The monoisotopic (exact) mass is 253 g/mol. The molecule has 100 valence electrons. The van der Waals surface area contributed by atoms with E-state index in [1.165, 1.54) is 18.9 Å². The second-order valence-corrected chi connectivity index (χ2v) is 4.81. The van der Waals surface area contributed by atoms with Crippen LogP contribution in [0.3, 0.4) is 0 Å². The molecule has 1 unspecified atom stereocenters. The lowest BCUT2D eigenvalue weighted by molar-refractivity contribution is 0.0776. The summed E-state index contributed by atoms with van der Waals surface area (Å²) in [5.41, 5.74) is 0.984. The van der Waals surface area contributed by atoms with Crippen molar-refractivity contribution in [1.29, 1.82) is 0 Å². The maximum absolute atomic E-state index is 13.6. The van der Waals surface area contributed by atoms with Gasteiger partial charge in [-0.25, -0.2) is 4.39 Å². The Bertz CT molecular complexity index is 393. The van der Waals surface area contributed by atoms with E-state index in [0.717, 1.165) is 5.56 Å². The number of hydrogen-bond acceptors (Lipinski definition) is 3. The predicted molar refractivity (Wildman–Crippen MR) is 68.5 cm³/mol. The Labute approximate surface area is 107 Å². The fraction of sp³-hybridized carbons (Fsp3) is 0.571. The van der Waals surface area contributed by atoms with E-state index in [0.29, 0.717) is 24.9 Å². The van der Waals surface area contributed by atoms with Crippen LogP contribution in [0, 0.1) is 12.7 Å². The third-order valence-corrected chi connectivity index (χ3v) is 2.94. The van der Waals surface area contributed by atoms with Gasteiger partial charge in [0.15, 0.2) is 11.6 Å². The molecule has 4 heteroatoms. The Morgan fingerprint density at radius 1 is 1.44 bits per heavy atom. The van der Waals surface area contributed by atoms with E-state index in [9.17, 15) is 4.39 Å². The molecule has 3 nitrogen and oxygen atoms in total. The quantitative estimate of drug-likeness (QED) is 0.808. The third-order valence-electron chi connectivity index (χ3n) is 2.94. The van der Waals surface area contributed by atoms with Gasteiger partial charge < -0.3 is 14.8 Å². The first-order valence-electron chi connectivity index (χ1n) is 6.34. The number of rotatable bonds is 7. The van der Waals surface area contributed by atoms with Gasteiger partial charge in [-0.1, -0.05) is 6.07 Å². The van der Waals surface area contributed by atoms with Crippen molar-refractivity contribution < 1.29 is 13.9 Å². The van der Waals surface area contributed by atoms with E-state index >= 15 is 0 Å². The van der Waals surface area contributed by atoms with Gasteiger partial charge >= 0.3 is 0 Å². The van der Waals surface area contributed by atoms with Crippen molar-refractivity contribution in [2.24, 2.45) is 0 Å². The summed E-state index contributed by atoms with van der Waals surface area (Å²) >= 11 is 0. The number of benzene rings is 1. The molecule has 0 heterocycles. The number of halogens is 1. The minimum atomic E-state index is -0.326. The van der Waals surface area contributed by atoms with Crippen LogP contribution in [0.25, 0.3) is 0 Å². The second-order valence-electron chi connectivity index (χ2n) is 4.81. The molecular weight excluding hydrogens is 233 g/mol. The molecule has 0 radical (unpaired) electrons. The van der Waals surface area contributed by atoms with E-state index in [2.05, 4.69) is 5.32 Å². The number of aryl methyl sites for hydroxylation is 1. The van der Waals surface area contributed by atoms with Gasteiger partial charge in [0.2, 0.25) is 0 Å². The molecule has 0 aromatic heterocycles. The predicted octanol–water partition coefficient (Wildman–Crippen LogP) is 2.28. The van der Waals surface area contributed by atoms with Crippen LogP contribution in [0.4, 0.5) is 4.39 Å². The second kappa shape index (κ2) is 6.16. The molecule has 1 aliphatic carbocycles. The summed E-state index contributed by atoms with van der Waals surface area (Å²) in [5.74, 6) is -0.0252. The molecule has 0 saturated heterocycles. The maximum atomic E-state index is 13.6. The summed E-state index contributed by atoms with van der Waals surface area (Å²) in [6.45, 7) is 3.05. The maximum Gasteiger partial charge on any atom is 0.165 e. The molecule has 1 fully saturated rings. The number of nitrogens with one attached hydrogen (secondary N) is 1. The zero-order chi connectivity index (χ0) is 13.0. The van der Waals surface area contributed by atoms with Crippen LogP contribution in [0.2, 0.25) is 0 Å². The first-order valence-corrected chi connectivity index (χ1v) is 6.34. The molecule has 1 atom stereocenters. The minimum absolute atomic E-state index is 0.160. The highest BCUT2D eigenvalue weighted by Gasteiger charge is 2.22. The Balaban J connectivity index is 1.94. The molecule has 0 bridgehead atoms. The van der Waals surface area contributed by atoms with Crippen LogP contribution in [0.5, 0.6) is 5.75 Å². The average Bonchev–Trinajstić information content (AvgIpc) is 3.15. The van der Waals surface area contributed by atoms with E-state index in [-0.39, 0.29) is 11.9 Å². The van der Waals surface area contributed by atoms with Gasteiger partial charge in [-0.2, -0.15) is 0 Å². The highest BCUT2D eigenvalue weighted by molar-refractivity contribution is 5.29. The lowest BCUT2D eigenvalue weighted by Gasteiger charge is -2.19. The van der Waals surface area contributed by atoms with Gasteiger partial charge in [0.05, 0.1) is 6.61 Å². The van der Waals surface area contributed by atoms with Gasteiger partial charge in [-0.05, 0) is 37.5 Å². The van der Waals surface area contributed by atoms with Gasteiger partial charge in [-0.3, -0.25) is 0 Å². The van der Waals surface area contributed by atoms with Crippen LogP contribution in [-0.4, -0.2) is 32.4 Å². The number of ether oxygens (including phenoxy) is 2. The molecule has 1 aromatic carbocycles. The fourth-order valence-electron chi connectivity index (χ4n) is 1.79. The van der Waals surface area contributed by atoms with Gasteiger partial charge in [-0.15, -0.1) is 0 Å². The molecule has 0 amide bonds. The minimum Gasteiger partial charge on any atom is -0.484 e. The van der Waals surface area contributed by atoms with E-state index in [1.807, 2.05) is 6.92 Å². The average molecular weight is 253 g/mol. The fourth-order valence-corrected chi connectivity index (χ4v) is 1.79. The number of hydrogen-bond donors (Lipinski definition) is 1.